The lowest BCUT2D eigenvalue weighted by atomic mass is 9.99. The summed E-state index contributed by atoms with van der Waals surface area (Å²) >= 11 is 0. The quantitative estimate of drug-likeness (QED) is 0.827. The third-order valence-corrected chi connectivity index (χ3v) is 3.01. The normalized spacial score (nSPS) is 11.2. The van der Waals surface area contributed by atoms with Gasteiger partial charge in [0.05, 0.1) is 6.54 Å². The largest absolute Gasteiger partial charge is 0.299 e. The molecule has 0 radical (unpaired) electrons. The fraction of sp³-hybridized carbons (Fsp3) is 0.176. The summed E-state index contributed by atoms with van der Waals surface area (Å²) in [4.78, 5) is 0. The van der Waals surface area contributed by atoms with E-state index in [1.165, 1.54) is 17.7 Å². The van der Waals surface area contributed by atoms with E-state index in [9.17, 15) is 4.39 Å². The average Bonchev–Trinajstić information content (AvgIpc) is 2.46. The van der Waals surface area contributed by atoms with Crippen molar-refractivity contribution >= 4 is 12.4 Å². The Hall–Kier alpha value is -1.82. The third kappa shape index (κ3) is 4.70. The van der Waals surface area contributed by atoms with Gasteiger partial charge in [0.2, 0.25) is 0 Å². The molecular formula is C17H17ClFN. The van der Waals surface area contributed by atoms with Crippen LogP contribution in [0.15, 0.2) is 54.6 Å². The Morgan fingerprint density at radius 2 is 1.70 bits per heavy atom. The van der Waals surface area contributed by atoms with Crippen molar-refractivity contribution in [3.63, 3.8) is 0 Å². The van der Waals surface area contributed by atoms with Gasteiger partial charge in [-0.15, -0.1) is 18.8 Å². The maximum atomic E-state index is 12.9. The molecule has 2 rings (SSSR count). The minimum atomic E-state index is -0.211. The van der Waals surface area contributed by atoms with Crippen molar-refractivity contribution in [2.24, 2.45) is 0 Å². The van der Waals surface area contributed by atoms with Crippen LogP contribution in [0.1, 0.15) is 17.2 Å². The Morgan fingerprint density at radius 3 is 2.30 bits per heavy atom. The summed E-state index contributed by atoms with van der Waals surface area (Å²) in [6.07, 6.45) is 6.09. The standard InChI is InChI=1S/C17H16FN.ClH/c1-2-12-19-17(15-6-4-3-5-7-15)13-14-8-10-16(18)11-9-14;/h1,3-11,17,19H,12-13H2;1H. The van der Waals surface area contributed by atoms with E-state index in [0.29, 0.717) is 6.54 Å². The van der Waals surface area contributed by atoms with E-state index in [4.69, 9.17) is 6.42 Å². The van der Waals surface area contributed by atoms with Gasteiger partial charge in [0, 0.05) is 6.04 Å². The molecule has 0 saturated carbocycles. The number of benzene rings is 2. The summed E-state index contributed by atoms with van der Waals surface area (Å²) in [6, 6.07) is 16.9. The van der Waals surface area contributed by atoms with Gasteiger partial charge in [0.25, 0.3) is 0 Å². The van der Waals surface area contributed by atoms with Gasteiger partial charge in [-0.3, -0.25) is 5.32 Å². The second-order valence-corrected chi connectivity index (χ2v) is 4.38. The predicted octanol–water partition coefficient (Wildman–Crippen LogP) is 3.75. The Balaban J connectivity index is 0.00000200. The molecule has 0 bridgehead atoms. The van der Waals surface area contributed by atoms with Gasteiger partial charge in [-0.2, -0.15) is 0 Å². The van der Waals surface area contributed by atoms with E-state index in [1.807, 2.05) is 30.3 Å². The number of hydrogen-bond donors (Lipinski definition) is 1. The Labute approximate surface area is 125 Å². The molecule has 0 aliphatic heterocycles. The molecule has 0 aliphatic rings. The number of halogens is 2. The summed E-state index contributed by atoms with van der Waals surface area (Å²) < 4.78 is 12.9. The van der Waals surface area contributed by atoms with Gasteiger partial charge in [0.1, 0.15) is 5.82 Å². The Kier molecular flexibility index (Phi) is 6.79. The van der Waals surface area contributed by atoms with Gasteiger partial charge in [0.15, 0.2) is 0 Å². The molecule has 0 fully saturated rings. The molecule has 0 heterocycles. The van der Waals surface area contributed by atoms with E-state index in [1.54, 1.807) is 0 Å². The molecule has 2 aromatic carbocycles. The second-order valence-electron chi connectivity index (χ2n) is 4.38. The summed E-state index contributed by atoms with van der Waals surface area (Å²) in [5, 5.41) is 3.32. The summed E-state index contributed by atoms with van der Waals surface area (Å²) in [7, 11) is 0. The highest BCUT2D eigenvalue weighted by atomic mass is 35.5. The summed E-state index contributed by atoms with van der Waals surface area (Å²) in [5.74, 6) is 2.38. The minimum Gasteiger partial charge on any atom is -0.299 e. The zero-order valence-electron chi connectivity index (χ0n) is 11.1. The highest BCUT2D eigenvalue weighted by Gasteiger charge is 2.10. The van der Waals surface area contributed by atoms with E-state index in [0.717, 1.165) is 12.0 Å². The predicted molar refractivity (Wildman–Crippen MR) is 83.4 cm³/mol. The maximum absolute atomic E-state index is 12.9. The van der Waals surface area contributed by atoms with Crippen LogP contribution in [-0.4, -0.2) is 6.54 Å². The number of hydrogen-bond acceptors (Lipinski definition) is 1. The smallest absolute Gasteiger partial charge is 0.123 e. The van der Waals surface area contributed by atoms with Crippen LogP contribution >= 0.6 is 12.4 Å². The van der Waals surface area contributed by atoms with Crippen molar-refractivity contribution in [3.05, 3.63) is 71.5 Å². The lowest BCUT2D eigenvalue weighted by Crippen LogP contribution is -2.23. The molecule has 1 unspecified atom stereocenters. The van der Waals surface area contributed by atoms with Crippen LogP contribution in [0.5, 0.6) is 0 Å². The highest BCUT2D eigenvalue weighted by molar-refractivity contribution is 5.85. The van der Waals surface area contributed by atoms with Gasteiger partial charge < -0.3 is 0 Å². The lowest BCUT2D eigenvalue weighted by molar-refractivity contribution is 0.567. The molecule has 3 heteroatoms. The van der Waals surface area contributed by atoms with Crippen molar-refractivity contribution in [2.75, 3.05) is 6.54 Å². The molecule has 2 aromatic rings. The topological polar surface area (TPSA) is 12.0 Å². The molecule has 1 atom stereocenters. The zero-order chi connectivity index (χ0) is 13.5. The van der Waals surface area contributed by atoms with Gasteiger partial charge in [-0.25, -0.2) is 4.39 Å². The maximum Gasteiger partial charge on any atom is 0.123 e. The van der Waals surface area contributed by atoms with Crippen LogP contribution in [0.25, 0.3) is 0 Å². The first kappa shape index (κ1) is 16.2. The zero-order valence-corrected chi connectivity index (χ0v) is 11.9. The number of terminal acetylenes is 1. The van der Waals surface area contributed by atoms with Crippen molar-refractivity contribution in [1.29, 1.82) is 0 Å². The summed E-state index contributed by atoms with van der Waals surface area (Å²) in [6.45, 7) is 0.515. The number of rotatable bonds is 5. The second kappa shape index (κ2) is 8.37. The highest BCUT2D eigenvalue weighted by Crippen LogP contribution is 2.18. The third-order valence-electron chi connectivity index (χ3n) is 3.01. The molecule has 0 amide bonds. The molecule has 104 valence electrons. The first-order chi connectivity index (χ1) is 9.29. The van der Waals surface area contributed by atoms with E-state index in [-0.39, 0.29) is 24.3 Å². The van der Waals surface area contributed by atoms with Crippen molar-refractivity contribution in [3.8, 4) is 12.3 Å². The molecular weight excluding hydrogens is 273 g/mol. The van der Waals surface area contributed by atoms with Crippen LogP contribution < -0.4 is 5.32 Å². The van der Waals surface area contributed by atoms with Gasteiger partial charge in [-0.1, -0.05) is 48.4 Å². The molecule has 0 saturated heterocycles. The SMILES string of the molecule is C#CCNC(Cc1ccc(F)cc1)c1ccccc1.Cl. The van der Waals surface area contributed by atoms with Crippen LogP contribution in [0.4, 0.5) is 4.39 Å². The molecule has 0 spiro atoms. The number of nitrogens with one attached hydrogen (secondary N) is 1. The van der Waals surface area contributed by atoms with Crippen molar-refractivity contribution in [2.45, 2.75) is 12.5 Å². The molecule has 20 heavy (non-hydrogen) atoms. The van der Waals surface area contributed by atoms with E-state index >= 15 is 0 Å². The first-order valence-electron chi connectivity index (χ1n) is 6.26. The van der Waals surface area contributed by atoms with Gasteiger partial charge in [-0.05, 0) is 29.7 Å². The van der Waals surface area contributed by atoms with Crippen molar-refractivity contribution < 1.29 is 4.39 Å². The van der Waals surface area contributed by atoms with Crippen LogP contribution in [0.3, 0.4) is 0 Å². The average molecular weight is 290 g/mol. The minimum absolute atomic E-state index is 0. The Morgan fingerprint density at radius 1 is 1.05 bits per heavy atom. The lowest BCUT2D eigenvalue weighted by Gasteiger charge is -2.18. The molecule has 1 nitrogen and oxygen atoms in total. The fourth-order valence-electron chi connectivity index (χ4n) is 2.03. The summed E-state index contributed by atoms with van der Waals surface area (Å²) in [5.41, 5.74) is 2.27. The van der Waals surface area contributed by atoms with Crippen molar-refractivity contribution in [1.82, 2.24) is 5.32 Å². The van der Waals surface area contributed by atoms with Crippen LogP contribution in [0.2, 0.25) is 0 Å². The first-order valence-corrected chi connectivity index (χ1v) is 6.26. The molecule has 0 aliphatic carbocycles. The molecule has 0 aromatic heterocycles. The van der Waals surface area contributed by atoms with Crippen LogP contribution in [-0.2, 0) is 6.42 Å². The molecule has 1 N–H and O–H groups in total. The fourth-order valence-corrected chi connectivity index (χ4v) is 2.03. The van der Waals surface area contributed by atoms with E-state index in [2.05, 4.69) is 23.4 Å². The monoisotopic (exact) mass is 289 g/mol. The van der Waals surface area contributed by atoms with E-state index < -0.39 is 0 Å². The van der Waals surface area contributed by atoms with Gasteiger partial charge >= 0.3 is 0 Å². The van der Waals surface area contributed by atoms with Crippen LogP contribution in [0, 0.1) is 18.2 Å². The Bertz CT molecular complexity index is 545.